The van der Waals surface area contributed by atoms with Gasteiger partial charge in [-0.15, -0.1) is 11.8 Å². The first-order valence-corrected chi connectivity index (χ1v) is 8.08. The Labute approximate surface area is 134 Å². The minimum Gasteiger partial charge on any atom is -0.398 e. The highest BCUT2D eigenvalue weighted by Crippen LogP contribution is 2.32. The van der Waals surface area contributed by atoms with Crippen molar-refractivity contribution in [2.75, 3.05) is 11.5 Å². The normalized spacial score (nSPS) is 13.9. The van der Waals surface area contributed by atoms with Gasteiger partial charge in [0, 0.05) is 22.4 Å². The van der Waals surface area contributed by atoms with Gasteiger partial charge in [-0.05, 0) is 24.1 Å². The molecule has 0 aromatic heterocycles. The zero-order valence-electron chi connectivity index (χ0n) is 11.6. The number of aliphatic hydroxyl groups is 1. The van der Waals surface area contributed by atoms with Crippen LogP contribution in [0.5, 0.6) is 0 Å². The van der Waals surface area contributed by atoms with E-state index in [9.17, 15) is 5.11 Å². The van der Waals surface area contributed by atoms with Crippen LogP contribution in [0.4, 0.5) is 5.69 Å². The van der Waals surface area contributed by atoms with Gasteiger partial charge in [0.1, 0.15) is 0 Å². The van der Waals surface area contributed by atoms with Crippen molar-refractivity contribution < 1.29 is 5.11 Å². The van der Waals surface area contributed by atoms with Crippen molar-refractivity contribution in [3.63, 3.8) is 0 Å². The molecule has 2 rings (SSSR count). The SMILES string of the molecule is Nc1cccc(Cl)c1SCC(O)C(N)Cc1ccccc1. The van der Waals surface area contributed by atoms with E-state index in [0.29, 0.717) is 22.9 Å². The fraction of sp³-hybridized carbons (Fsp3) is 0.250. The molecular formula is C16H19ClN2OS. The monoisotopic (exact) mass is 322 g/mol. The summed E-state index contributed by atoms with van der Waals surface area (Å²) in [5, 5.41) is 10.8. The lowest BCUT2D eigenvalue weighted by Crippen LogP contribution is -2.38. The number of aliphatic hydroxyl groups excluding tert-OH is 1. The van der Waals surface area contributed by atoms with Gasteiger partial charge >= 0.3 is 0 Å². The standard InChI is InChI=1S/C16H19ClN2OS/c17-12-7-4-8-13(18)16(12)21-10-15(20)14(19)9-11-5-2-1-3-6-11/h1-8,14-15,20H,9-10,18-19H2. The summed E-state index contributed by atoms with van der Waals surface area (Å²) in [4.78, 5) is 0.796. The van der Waals surface area contributed by atoms with Crippen LogP contribution in [-0.4, -0.2) is 23.0 Å². The molecule has 0 bridgehead atoms. The Bertz CT molecular complexity index is 559. The summed E-state index contributed by atoms with van der Waals surface area (Å²) in [6, 6.07) is 15.0. The molecule has 0 aliphatic carbocycles. The minimum atomic E-state index is -0.620. The highest BCUT2D eigenvalue weighted by atomic mass is 35.5. The van der Waals surface area contributed by atoms with Crippen molar-refractivity contribution >= 4 is 29.1 Å². The van der Waals surface area contributed by atoms with Crippen molar-refractivity contribution in [2.45, 2.75) is 23.5 Å². The summed E-state index contributed by atoms with van der Waals surface area (Å²) in [7, 11) is 0. The van der Waals surface area contributed by atoms with Crippen LogP contribution >= 0.6 is 23.4 Å². The van der Waals surface area contributed by atoms with Crippen molar-refractivity contribution in [2.24, 2.45) is 5.73 Å². The molecule has 0 saturated heterocycles. The first-order chi connectivity index (χ1) is 10.1. The third-order valence-corrected chi connectivity index (χ3v) is 4.88. The van der Waals surface area contributed by atoms with Crippen LogP contribution in [0, 0.1) is 0 Å². The first kappa shape index (κ1) is 16.2. The number of benzene rings is 2. The van der Waals surface area contributed by atoms with Gasteiger partial charge in [0.05, 0.1) is 11.1 Å². The van der Waals surface area contributed by atoms with E-state index in [4.69, 9.17) is 23.1 Å². The number of hydrogen-bond donors (Lipinski definition) is 3. The Morgan fingerprint density at radius 3 is 2.48 bits per heavy atom. The van der Waals surface area contributed by atoms with E-state index in [-0.39, 0.29) is 6.04 Å². The fourth-order valence-electron chi connectivity index (χ4n) is 1.99. The van der Waals surface area contributed by atoms with Gasteiger partial charge in [-0.1, -0.05) is 48.0 Å². The highest BCUT2D eigenvalue weighted by Gasteiger charge is 2.17. The van der Waals surface area contributed by atoms with E-state index in [1.54, 1.807) is 18.2 Å². The molecule has 112 valence electrons. The largest absolute Gasteiger partial charge is 0.398 e. The van der Waals surface area contributed by atoms with E-state index < -0.39 is 6.10 Å². The van der Waals surface area contributed by atoms with Gasteiger partial charge < -0.3 is 16.6 Å². The Hall–Kier alpha value is -1.20. The summed E-state index contributed by atoms with van der Waals surface area (Å²) in [6.45, 7) is 0. The Kier molecular flexibility index (Phi) is 5.94. The van der Waals surface area contributed by atoms with Crippen molar-refractivity contribution in [1.82, 2.24) is 0 Å². The number of rotatable bonds is 6. The Balaban J connectivity index is 1.91. The van der Waals surface area contributed by atoms with Gasteiger partial charge in [0.2, 0.25) is 0 Å². The predicted octanol–water partition coefficient (Wildman–Crippen LogP) is 2.95. The van der Waals surface area contributed by atoms with E-state index in [1.807, 2.05) is 30.3 Å². The zero-order valence-corrected chi connectivity index (χ0v) is 13.1. The molecule has 2 atom stereocenters. The number of nitrogen functional groups attached to an aromatic ring is 1. The second-order valence-electron chi connectivity index (χ2n) is 4.89. The minimum absolute atomic E-state index is 0.316. The predicted molar refractivity (Wildman–Crippen MR) is 90.7 cm³/mol. The van der Waals surface area contributed by atoms with E-state index in [2.05, 4.69) is 0 Å². The molecule has 0 spiro atoms. The van der Waals surface area contributed by atoms with Crippen molar-refractivity contribution in [1.29, 1.82) is 0 Å². The van der Waals surface area contributed by atoms with Gasteiger partial charge in [-0.2, -0.15) is 0 Å². The third-order valence-electron chi connectivity index (χ3n) is 3.20. The lowest BCUT2D eigenvalue weighted by atomic mass is 10.0. The number of anilines is 1. The van der Waals surface area contributed by atoms with Gasteiger partial charge in [0.15, 0.2) is 0 Å². The van der Waals surface area contributed by atoms with Crippen LogP contribution in [-0.2, 0) is 6.42 Å². The van der Waals surface area contributed by atoms with Gasteiger partial charge in [-0.3, -0.25) is 0 Å². The topological polar surface area (TPSA) is 72.3 Å². The molecule has 0 aliphatic heterocycles. The molecule has 2 unspecified atom stereocenters. The molecule has 0 saturated carbocycles. The van der Waals surface area contributed by atoms with Gasteiger partial charge in [0.25, 0.3) is 0 Å². The first-order valence-electron chi connectivity index (χ1n) is 6.72. The van der Waals surface area contributed by atoms with Crippen LogP contribution in [0.1, 0.15) is 5.56 Å². The lowest BCUT2D eigenvalue weighted by Gasteiger charge is -2.19. The number of hydrogen-bond acceptors (Lipinski definition) is 4. The fourth-order valence-corrected chi connectivity index (χ4v) is 3.36. The number of thioether (sulfide) groups is 1. The number of nitrogens with two attached hydrogens (primary N) is 2. The molecular weight excluding hydrogens is 304 g/mol. The van der Waals surface area contributed by atoms with Crippen LogP contribution < -0.4 is 11.5 Å². The molecule has 0 aliphatic rings. The molecule has 5 heteroatoms. The maximum absolute atomic E-state index is 10.2. The van der Waals surface area contributed by atoms with Crippen LogP contribution in [0.2, 0.25) is 5.02 Å². The third kappa shape index (κ3) is 4.64. The molecule has 2 aromatic rings. The van der Waals surface area contributed by atoms with E-state index in [0.717, 1.165) is 10.5 Å². The molecule has 21 heavy (non-hydrogen) atoms. The summed E-state index contributed by atoms with van der Waals surface area (Å²) >= 11 is 7.54. The Morgan fingerprint density at radius 2 is 1.81 bits per heavy atom. The quantitative estimate of drug-likeness (QED) is 0.565. The second kappa shape index (κ2) is 7.71. The van der Waals surface area contributed by atoms with E-state index >= 15 is 0 Å². The molecule has 0 amide bonds. The molecule has 0 radical (unpaired) electrons. The number of halogens is 1. The van der Waals surface area contributed by atoms with Crippen LogP contribution in [0.25, 0.3) is 0 Å². The maximum Gasteiger partial charge on any atom is 0.0788 e. The molecule has 3 nitrogen and oxygen atoms in total. The summed E-state index contributed by atoms with van der Waals surface area (Å²) < 4.78 is 0. The average molecular weight is 323 g/mol. The van der Waals surface area contributed by atoms with Gasteiger partial charge in [-0.25, -0.2) is 0 Å². The zero-order chi connectivity index (χ0) is 15.2. The van der Waals surface area contributed by atoms with Crippen LogP contribution in [0.3, 0.4) is 0 Å². The molecule has 0 heterocycles. The van der Waals surface area contributed by atoms with Crippen LogP contribution in [0.15, 0.2) is 53.4 Å². The van der Waals surface area contributed by atoms with Crippen molar-refractivity contribution in [3.05, 3.63) is 59.1 Å². The maximum atomic E-state index is 10.2. The lowest BCUT2D eigenvalue weighted by molar-refractivity contribution is 0.168. The highest BCUT2D eigenvalue weighted by molar-refractivity contribution is 7.99. The second-order valence-corrected chi connectivity index (χ2v) is 6.33. The van der Waals surface area contributed by atoms with E-state index in [1.165, 1.54) is 11.8 Å². The molecule has 2 aromatic carbocycles. The van der Waals surface area contributed by atoms with Crippen molar-refractivity contribution in [3.8, 4) is 0 Å². The average Bonchev–Trinajstić information content (AvgIpc) is 2.47. The molecule has 5 N–H and O–H groups in total. The summed E-state index contributed by atoms with van der Waals surface area (Å²) in [5.74, 6) is 0.460. The summed E-state index contributed by atoms with van der Waals surface area (Å²) in [5.41, 5.74) is 13.7. The summed E-state index contributed by atoms with van der Waals surface area (Å²) in [6.07, 6.45) is 0.0199. The molecule has 0 fully saturated rings. The Morgan fingerprint density at radius 1 is 1.10 bits per heavy atom. The smallest absolute Gasteiger partial charge is 0.0788 e.